The summed E-state index contributed by atoms with van der Waals surface area (Å²) in [6.45, 7) is 5.15. The first-order chi connectivity index (χ1) is 8.06. The van der Waals surface area contributed by atoms with E-state index in [0.717, 1.165) is 6.54 Å². The molecule has 0 radical (unpaired) electrons. The van der Waals surface area contributed by atoms with Gasteiger partial charge in [-0.05, 0) is 76.1 Å². The van der Waals surface area contributed by atoms with Crippen LogP contribution >= 0.6 is 49.9 Å². The van der Waals surface area contributed by atoms with E-state index in [-0.39, 0.29) is 0 Å². The van der Waals surface area contributed by atoms with E-state index in [1.165, 1.54) is 29.0 Å². The molecule has 1 aromatic heterocycles. The molecule has 0 unspecified atom stereocenters. The van der Waals surface area contributed by atoms with Crippen LogP contribution in [0.25, 0.3) is 0 Å². The highest BCUT2D eigenvalue weighted by Crippen LogP contribution is 2.27. The van der Waals surface area contributed by atoms with Crippen molar-refractivity contribution in [3.63, 3.8) is 0 Å². The molecule has 0 amide bonds. The van der Waals surface area contributed by atoms with Crippen LogP contribution in [0.15, 0.2) is 28.7 Å². The van der Waals surface area contributed by atoms with Crippen LogP contribution in [-0.4, -0.2) is 0 Å². The zero-order valence-corrected chi connectivity index (χ0v) is 14.2. The van der Waals surface area contributed by atoms with Gasteiger partial charge < -0.3 is 5.32 Å². The minimum absolute atomic E-state index is 0.887. The molecule has 0 spiro atoms. The number of benzene rings is 1. The standard InChI is InChI=1S/C13H13BrINS/c1-8-3-4-10(15)5-13(8)16-7-11-6-12(14)9(2)17-11/h3-6,16H,7H2,1-2H3. The van der Waals surface area contributed by atoms with Gasteiger partial charge >= 0.3 is 0 Å². The number of thiophene rings is 1. The fourth-order valence-corrected chi connectivity index (χ4v) is 3.60. The lowest BCUT2D eigenvalue weighted by atomic mass is 10.2. The van der Waals surface area contributed by atoms with Crippen molar-refractivity contribution in [3.8, 4) is 0 Å². The lowest BCUT2D eigenvalue weighted by Crippen LogP contribution is -1.99. The molecule has 2 rings (SSSR count). The highest BCUT2D eigenvalue weighted by Gasteiger charge is 2.04. The molecule has 0 saturated heterocycles. The van der Waals surface area contributed by atoms with Crippen LogP contribution < -0.4 is 5.32 Å². The van der Waals surface area contributed by atoms with Gasteiger partial charge in [-0.1, -0.05) is 6.07 Å². The Bertz CT molecular complexity index is 517. The van der Waals surface area contributed by atoms with E-state index in [0.29, 0.717) is 0 Å². The number of anilines is 1. The summed E-state index contributed by atoms with van der Waals surface area (Å²) >= 11 is 7.72. The fourth-order valence-electron chi connectivity index (χ4n) is 1.57. The van der Waals surface area contributed by atoms with Crippen LogP contribution in [0.2, 0.25) is 0 Å². The highest BCUT2D eigenvalue weighted by molar-refractivity contribution is 14.1. The summed E-state index contributed by atoms with van der Waals surface area (Å²) in [6, 6.07) is 8.66. The predicted octanol–water partition coefficient (Wildman–Crippen LogP) is 5.34. The largest absolute Gasteiger partial charge is 0.380 e. The van der Waals surface area contributed by atoms with Crippen LogP contribution in [0, 0.1) is 17.4 Å². The molecule has 0 atom stereocenters. The normalized spacial score (nSPS) is 10.6. The summed E-state index contributed by atoms with van der Waals surface area (Å²) in [5.41, 5.74) is 2.51. The smallest absolute Gasteiger partial charge is 0.0494 e. The Morgan fingerprint density at radius 1 is 1.29 bits per heavy atom. The van der Waals surface area contributed by atoms with Gasteiger partial charge in [-0.2, -0.15) is 0 Å². The fraction of sp³-hybridized carbons (Fsp3) is 0.231. The van der Waals surface area contributed by atoms with Gasteiger partial charge in [0.05, 0.1) is 0 Å². The molecule has 0 aliphatic rings. The maximum Gasteiger partial charge on any atom is 0.0494 e. The van der Waals surface area contributed by atoms with E-state index in [9.17, 15) is 0 Å². The van der Waals surface area contributed by atoms with Crippen LogP contribution in [0.1, 0.15) is 15.3 Å². The summed E-state index contributed by atoms with van der Waals surface area (Å²) < 4.78 is 2.47. The SMILES string of the molecule is Cc1ccc(I)cc1NCc1cc(Br)c(C)s1. The molecular formula is C13H13BrINS. The Kier molecular flexibility index (Phi) is 4.49. The monoisotopic (exact) mass is 421 g/mol. The molecule has 0 bridgehead atoms. The van der Waals surface area contributed by atoms with Crippen molar-refractivity contribution in [1.82, 2.24) is 0 Å². The van der Waals surface area contributed by atoms with Gasteiger partial charge in [-0.15, -0.1) is 11.3 Å². The lowest BCUT2D eigenvalue weighted by Gasteiger charge is -2.08. The van der Waals surface area contributed by atoms with Gasteiger partial charge in [0.15, 0.2) is 0 Å². The van der Waals surface area contributed by atoms with Crippen LogP contribution in [0.5, 0.6) is 0 Å². The second-order valence-corrected chi connectivity index (χ2v) is 7.37. The number of rotatable bonds is 3. The van der Waals surface area contributed by atoms with E-state index in [1.807, 2.05) is 11.3 Å². The van der Waals surface area contributed by atoms with Gasteiger partial charge in [-0.3, -0.25) is 0 Å². The first-order valence-corrected chi connectivity index (χ1v) is 8.00. The number of halogens is 2. The summed E-state index contributed by atoms with van der Waals surface area (Å²) in [5.74, 6) is 0. The first kappa shape index (κ1) is 13.4. The lowest BCUT2D eigenvalue weighted by molar-refractivity contribution is 1.18. The van der Waals surface area contributed by atoms with Crippen LogP contribution in [-0.2, 0) is 6.54 Å². The molecule has 0 aliphatic heterocycles. The Balaban J connectivity index is 2.09. The quantitative estimate of drug-likeness (QED) is 0.659. The zero-order valence-electron chi connectivity index (χ0n) is 9.68. The van der Waals surface area contributed by atoms with E-state index in [1.54, 1.807) is 0 Å². The van der Waals surface area contributed by atoms with Gasteiger partial charge in [0.2, 0.25) is 0 Å². The molecule has 2 aromatic rings. The number of nitrogens with one attached hydrogen (secondary N) is 1. The van der Waals surface area contributed by atoms with E-state index in [4.69, 9.17) is 0 Å². The molecule has 0 aliphatic carbocycles. The maximum absolute atomic E-state index is 3.55. The molecule has 17 heavy (non-hydrogen) atoms. The third kappa shape index (κ3) is 3.45. The summed E-state index contributed by atoms with van der Waals surface area (Å²) in [7, 11) is 0. The van der Waals surface area contributed by atoms with E-state index in [2.05, 4.69) is 82.0 Å². The molecule has 1 N–H and O–H groups in total. The van der Waals surface area contributed by atoms with Crippen molar-refractivity contribution in [2.45, 2.75) is 20.4 Å². The number of aryl methyl sites for hydroxylation is 2. The van der Waals surface area contributed by atoms with Crippen LogP contribution in [0.3, 0.4) is 0 Å². The molecule has 1 nitrogen and oxygen atoms in total. The highest BCUT2D eigenvalue weighted by atomic mass is 127. The Morgan fingerprint density at radius 3 is 2.71 bits per heavy atom. The molecule has 1 heterocycles. The van der Waals surface area contributed by atoms with Crippen molar-refractivity contribution >= 4 is 55.5 Å². The second-order valence-electron chi connectivity index (χ2n) is 3.93. The van der Waals surface area contributed by atoms with Crippen molar-refractivity contribution in [2.75, 3.05) is 5.32 Å². The first-order valence-electron chi connectivity index (χ1n) is 5.31. The third-order valence-corrected chi connectivity index (χ3v) is 5.37. The molecular weight excluding hydrogens is 409 g/mol. The van der Waals surface area contributed by atoms with Crippen molar-refractivity contribution in [3.05, 3.63) is 47.6 Å². The summed E-state index contributed by atoms with van der Waals surface area (Å²) in [4.78, 5) is 2.69. The molecule has 4 heteroatoms. The number of hydrogen-bond acceptors (Lipinski definition) is 2. The third-order valence-electron chi connectivity index (χ3n) is 2.56. The Morgan fingerprint density at radius 2 is 2.06 bits per heavy atom. The average molecular weight is 422 g/mol. The molecule has 1 aromatic carbocycles. The van der Waals surface area contributed by atoms with Gasteiger partial charge in [0.1, 0.15) is 0 Å². The minimum Gasteiger partial charge on any atom is -0.380 e. The Labute approximate surface area is 128 Å². The Hall–Kier alpha value is -0.0700. The van der Waals surface area contributed by atoms with E-state index < -0.39 is 0 Å². The minimum atomic E-state index is 0.887. The van der Waals surface area contributed by atoms with Gasteiger partial charge in [0, 0.05) is 30.0 Å². The van der Waals surface area contributed by atoms with Crippen molar-refractivity contribution in [1.29, 1.82) is 0 Å². The molecule has 0 saturated carbocycles. The zero-order chi connectivity index (χ0) is 12.4. The predicted molar refractivity (Wildman–Crippen MR) is 88.0 cm³/mol. The van der Waals surface area contributed by atoms with E-state index >= 15 is 0 Å². The number of hydrogen-bond donors (Lipinski definition) is 1. The summed E-state index contributed by atoms with van der Waals surface area (Å²) in [6.07, 6.45) is 0. The van der Waals surface area contributed by atoms with Gasteiger partial charge in [0.25, 0.3) is 0 Å². The van der Waals surface area contributed by atoms with Crippen molar-refractivity contribution < 1.29 is 0 Å². The summed E-state index contributed by atoms with van der Waals surface area (Å²) in [5, 5.41) is 3.50. The maximum atomic E-state index is 3.55. The van der Waals surface area contributed by atoms with Crippen molar-refractivity contribution in [2.24, 2.45) is 0 Å². The molecule has 90 valence electrons. The average Bonchev–Trinajstić information content (AvgIpc) is 2.60. The van der Waals surface area contributed by atoms with Crippen LogP contribution in [0.4, 0.5) is 5.69 Å². The van der Waals surface area contributed by atoms with Gasteiger partial charge in [-0.25, -0.2) is 0 Å². The topological polar surface area (TPSA) is 12.0 Å². The molecule has 0 fully saturated rings. The second kappa shape index (κ2) is 5.71.